The van der Waals surface area contributed by atoms with Crippen LogP contribution in [0.4, 0.5) is 5.95 Å². The number of ether oxygens (including phenoxy) is 1. The summed E-state index contributed by atoms with van der Waals surface area (Å²) in [7, 11) is -6.71. The fourth-order valence-corrected chi connectivity index (χ4v) is 4.20. The van der Waals surface area contributed by atoms with Gasteiger partial charge in [-0.25, -0.2) is 9.29 Å². The lowest BCUT2D eigenvalue weighted by Gasteiger charge is -2.22. The van der Waals surface area contributed by atoms with Crippen molar-refractivity contribution in [3.63, 3.8) is 0 Å². The number of nitrogens with zero attached hydrogens (tertiary/aromatic N) is 3. The number of anilines is 1. The number of hydrogen-bond donors (Lipinski definition) is 10. The maximum Gasteiger partial charge on any atom is 0.326 e. The van der Waals surface area contributed by atoms with Gasteiger partial charge in [-0.2, -0.15) is 4.98 Å². The molecule has 0 spiro atoms. The number of carbonyl (C=O) groups excluding carboxylic acids is 1. The molecule has 0 radical (unpaired) electrons. The van der Waals surface area contributed by atoms with Crippen LogP contribution in [0.3, 0.4) is 0 Å². The van der Waals surface area contributed by atoms with Crippen LogP contribution in [0.15, 0.2) is 11.1 Å². The summed E-state index contributed by atoms with van der Waals surface area (Å²) in [6.07, 6.45) is -10.9. The third-order valence-corrected chi connectivity index (χ3v) is 6.79. The van der Waals surface area contributed by atoms with Crippen molar-refractivity contribution in [1.29, 1.82) is 0 Å². The Kier molecular flexibility index (Phi) is 12.1. The number of fused-ring (bicyclic) bond motifs is 1. The number of nitrogens with two attached hydrogens (primary N) is 1. The molecule has 10 atom stereocenters. The van der Waals surface area contributed by atoms with E-state index in [-0.39, 0.29) is 23.4 Å². The number of H-pyrrole nitrogens is 1. The Hall–Kier alpha value is -2.16. The zero-order chi connectivity index (χ0) is 28.7. The average Bonchev–Trinajstić information content (AvgIpc) is 3.41. The second-order valence-corrected chi connectivity index (χ2v) is 9.75. The standard InChI is InChI=1S/C10H15N5O9P2.C6H12O6/c11-10-13-7-4(8(18)14-10)12-2-15(7)9-6(17)5(16)3(23-9)1-22-26(21)24-25(19)20;7-1-3(9)5(11)6(12)4(10)2-8/h2-3,5-6,9,16-17,25-26H,1H2,(H,19,20)(H3,11,13,14,18);1,3-6,8-12H,2H2/t3-,5-,6-,9-;/m1./s1. The number of aromatic amines is 1. The van der Waals surface area contributed by atoms with E-state index in [2.05, 4.69) is 19.3 Å². The number of aliphatic hydroxyl groups is 7. The molecule has 216 valence electrons. The molecule has 0 saturated carbocycles. The van der Waals surface area contributed by atoms with Gasteiger partial charge < -0.3 is 60.4 Å². The molecule has 38 heavy (non-hydrogen) atoms. The van der Waals surface area contributed by atoms with E-state index >= 15 is 0 Å². The second-order valence-electron chi connectivity index (χ2n) is 7.61. The number of aldehydes is 1. The van der Waals surface area contributed by atoms with Gasteiger partial charge >= 0.3 is 16.5 Å². The van der Waals surface area contributed by atoms with Crippen LogP contribution in [0.5, 0.6) is 0 Å². The van der Waals surface area contributed by atoms with E-state index in [4.69, 9.17) is 45.4 Å². The Morgan fingerprint density at radius 1 is 1.21 bits per heavy atom. The van der Waals surface area contributed by atoms with Gasteiger partial charge in [0.25, 0.3) is 5.56 Å². The molecule has 2 aromatic heterocycles. The van der Waals surface area contributed by atoms with Crippen LogP contribution in [0.25, 0.3) is 11.2 Å². The predicted molar refractivity (Wildman–Crippen MR) is 123 cm³/mol. The first-order valence-corrected chi connectivity index (χ1v) is 12.9. The smallest absolute Gasteiger partial charge is 0.326 e. The van der Waals surface area contributed by atoms with Crippen molar-refractivity contribution in [1.82, 2.24) is 19.5 Å². The first-order chi connectivity index (χ1) is 17.8. The summed E-state index contributed by atoms with van der Waals surface area (Å²) in [6.45, 7) is -1.24. The Morgan fingerprint density at radius 3 is 2.45 bits per heavy atom. The van der Waals surface area contributed by atoms with Gasteiger partial charge in [0.15, 0.2) is 23.7 Å². The molecule has 20 nitrogen and oxygen atoms in total. The minimum atomic E-state index is -3.44. The van der Waals surface area contributed by atoms with Gasteiger partial charge in [0.2, 0.25) is 5.95 Å². The average molecular weight is 591 g/mol. The SMILES string of the molecule is Nc1nc2c(ncn2[C@@H]2O[C@H](CO[PH](=O)O[PH](=O)O)[C@@H](O)[C@H]2O)c(=O)[nH]1.O=CC(O)C(O)C(O)C(O)CO. The fraction of sp³-hybridized carbons (Fsp3) is 0.625. The number of aliphatic hydroxyl groups excluding tert-OH is 7. The lowest BCUT2D eigenvalue weighted by atomic mass is 10.0. The zero-order valence-corrected chi connectivity index (χ0v) is 21.0. The fourth-order valence-electron chi connectivity index (χ4n) is 3.10. The molecule has 1 saturated heterocycles. The van der Waals surface area contributed by atoms with Crippen LogP contribution in [0, 0.1) is 0 Å². The Morgan fingerprint density at radius 2 is 1.87 bits per heavy atom. The van der Waals surface area contributed by atoms with E-state index in [0.717, 1.165) is 0 Å². The molecule has 1 aliphatic heterocycles. The molecule has 0 aromatic carbocycles. The Labute approximate surface area is 212 Å². The summed E-state index contributed by atoms with van der Waals surface area (Å²) >= 11 is 0. The molecule has 22 heteroatoms. The second kappa shape index (κ2) is 14.3. The first kappa shape index (κ1) is 32.1. The molecule has 1 fully saturated rings. The highest BCUT2D eigenvalue weighted by Gasteiger charge is 2.44. The van der Waals surface area contributed by atoms with Gasteiger partial charge in [-0.15, -0.1) is 0 Å². The van der Waals surface area contributed by atoms with Crippen LogP contribution in [-0.4, -0.2) is 122 Å². The van der Waals surface area contributed by atoms with Gasteiger partial charge in [-0.05, 0) is 0 Å². The van der Waals surface area contributed by atoms with Crippen LogP contribution >= 0.6 is 16.5 Å². The lowest BCUT2D eigenvalue weighted by molar-refractivity contribution is -0.136. The van der Waals surface area contributed by atoms with Crippen molar-refractivity contribution >= 4 is 39.9 Å². The number of rotatable bonds is 11. The van der Waals surface area contributed by atoms with Crippen molar-refractivity contribution in [3.8, 4) is 0 Å². The van der Waals surface area contributed by atoms with Gasteiger partial charge in [0.05, 0.1) is 19.5 Å². The van der Waals surface area contributed by atoms with Gasteiger partial charge in [-0.3, -0.25) is 23.5 Å². The molecule has 6 unspecified atom stereocenters. The number of aromatic nitrogens is 4. The lowest BCUT2D eigenvalue weighted by Crippen LogP contribution is -2.46. The van der Waals surface area contributed by atoms with Gasteiger partial charge in [-0.1, -0.05) is 0 Å². The number of imidazole rings is 1. The van der Waals surface area contributed by atoms with Crippen molar-refractivity contribution in [2.45, 2.75) is 49.0 Å². The van der Waals surface area contributed by atoms with Crippen molar-refractivity contribution < 1.29 is 68.1 Å². The summed E-state index contributed by atoms with van der Waals surface area (Å²) < 4.78 is 37.2. The van der Waals surface area contributed by atoms with Gasteiger partial charge in [0.1, 0.15) is 42.7 Å². The molecule has 0 amide bonds. The topological polar surface area (TPSA) is 330 Å². The largest absolute Gasteiger partial charge is 0.394 e. The quantitative estimate of drug-likeness (QED) is 0.0861. The highest BCUT2D eigenvalue weighted by atomic mass is 31.2. The molecule has 2 aromatic rings. The molecule has 3 rings (SSSR count). The molecule has 1 aliphatic rings. The minimum absolute atomic E-state index is 0.0258. The van der Waals surface area contributed by atoms with E-state index in [1.54, 1.807) is 0 Å². The predicted octanol–water partition coefficient (Wildman–Crippen LogP) is -5.25. The van der Waals surface area contributed by atoms with E-state index in [1.165, 1.54) is 10.9 Å². The van der Waals surface area contributed by atoms with E-state index < -0.39 is 84.2 Å². The number of hydrogen-bond acceptors (Lipinski definition) is 17. The third-order valence-electron chi connectivity index (χ3n) is 5.02. The maximum absolute atomic E-state index is 11.8. The van der Waals surface area contributed by atoms with E-state index in [9.17, 15) is 28.9 Å². The summed E-state index contributed by atoms with van der Waals surface area (Å²) in [5, 5.41) is 63.8. The molecular formula is C16H27N5O15P2. The van der Waals surface area contributed by atoms with Crippen LogP contribution < -0.4 is 11.3 Å². The normalized spacial score (nSPS) is 26.1. The highest BCUT2D eigenvalue weighted by molar-refractivity contribution is 7.47. The minimum Gasteiger partial charge on any atom is -0.394 e. The van der Waals surface area contributed by atoms with E-state index in [1.807, 2.05) is 0 Å². The van der Waals surface area contributed by atoms with Crippen LogP contribution in [-0.2, 0) is 27.5 Å². The Bertz CT molecular complexity index is 1180. The molecule has 0 aliphatic carbocycles. The molecule has 3 heterocycles. The van der Waals surface area contributed by atoms with Crippen molar-refractivity contribution in [3.05, 3.63) is 16.7 Å². The molecular weight excluding hydrogens is 564 g/mol. The van der Waals surface area contributed by atoms with Crippen molar-refractivity contribution in [2.24, 2.45) is 0 Å². The summed E-state index contributed by atoms with van der Waals surface area (Å²) in [4.78, 5) is 40.3. The summed E-state index contributed by atoms with van der Waals surface area (Å²) in [5.41, 5.74) is 4.89. The molecule has 0 bridgehead atoms. The summed E-state index contributed by atoms with van der Waals surface area (Å²) in [6, 6.07) is 0. The third kappa shape index (κ3) is 7.93. The summed E-state index contributed by atoms with van der Waals surface area (Å²) in [5.74, 6) is -0.174. The van der Waals surface area contributed by atoms with Gasteiger partial charge in [0, 0.05) is 0 Å². The van der Waals surface area contributed by atoms with Crippen LogP contribution in [0.2, 0.25) is 0 Å². The number of nitrogens with one attached hydrogen (secondary N) is 1. The highest BCUT2D eigenvalue weighted by Crippen LogP contribution is 2.38. The number of carbonyl (C=O) groups is 1. The first-order valence-electron chi connectivity index (χ1n) is 10.4. The maximum atomic E-state index is 11.8. The Balaban J connectivity index is 0.000000358. The van der Waals surface area contributed by atoms with E-state index in [0.29, 0.717) is 0 Å². The van der Waals surface area contributed by atoms with Crippen LogP contribution in [0.1, 0.15) is 6.23 Å². The van der Waals surface area contributed by atoms with Crippen molar-refractivity contribution in [2.75, 3.05) is 18.9 Å². The zero-order valence-electron chi connectivity index (χ0n) is 19.0. The number of nitrogen functional groups attached to an aromatic ring is 1. The monoisotopic (exact) mass is 591 g/mol. The molecule has 11 N–H and O–H groups in total.